The van der Waals surface area contributed by atoms with Gasteiger partial charge in [0.25, 0.3) is 0 Å². The predicted octanol–water partition coefficient (Wildman–Crippen LogP) is 2.93. The first-order chi connectivity index (χ1) is 9.84. The topological polar surface area (TPSA) is 72.2 Å². The Labute approximate surface area is 133 Å². The molecule has 0 saturated heterocycles. The van der Waals surface area contributed by atoms with Gasteiger partial charge < -0.3 is 5.32 Å². The van der Waals surface area contributed by atoms with E-state index in [9.17, 15) is 8.42 Å². The summed E-state index contributed by atoms with van der Waals surface area (Å²) in [5.41, 5.74) is 1.93. The minimum absolute atomic E-state index is 0.105. The standard InChI is InChI=1S/C14H14Cl2N2O2S/c15-12-5-11(6-13(16)7-12)9-18-8-10-1-3-14(4-2-10)21(17,19)20/h1-7,18H,8-9H2,(H2,17,19,20). The fourth-order valence-electron chi connectivity index (χ4n) is 1.86. The van der Waals surface area contributed by atoms with Gasteiger partial charge in [-0.1, -0.05) is 35.3 Å². The molecule has 0 aromatic heterocycles. The van der Waals surface area contributed by atoms with Gasteiger partial charge in [0.15, 0.2) is 0 Å². The van der Waals surface area contributed by atoms with Gasteiger partial charge >= 0.3 is 0 Å². The summed E-state index contributed by atoms with van der Waals surface area (Å²) in [6, 6.07) is 11.8. The van der Waals surface area contributed by atoms with Crippen molar-refractivity contribution >= 4 is 33.2 Å². The van der Waals surface area contributed by atoms with E-state index < -0.39 is 10.0 Å². The molecule has 4 nitrogen and oxygen atoms in total. The third kappa shape index (κ3) is 4.98. The molecular formula is C14H14Cl2N2O2S. The number of sulfonamides is 1. The van der Waals surface area contributed by atoms with E-state index in [0.29, 0.717) is 23.1 Å². The van der Waals surface area contributed by atoms with Crippen molar-refractivity contribution in [3.63, 3.8) is 0 Å². The van der Waals surface area contributed by atoms with Crippen molar-refractivity contribution in [1.82, 2.24) is 5.32 Å². The Hall–Kier alpha value is -1.11. The van der Waals surface area contributed by atoms with Gasteiger partial charge in [-0.15, -0.1) is 0 Å². The van der Waals surface area contributed by atoms with Gasteiger partial charge in [0, 0.05) is 23.1 Å². The number of benzene rings is 2. The van der Waals surface area contributed by atoms with Crippen molar-refractivity contribution < 1.29 is 8.42 Å². The molecule has 7 heteroatoms. The summed E-state index contributed by atoms with van der Waals surface area (Å²) in [6.07, 6.45) is 0. The molecular weight excluding hydrogens is 331 g/mol. The highest BCUT2D eigenvalue weighted by Gasteiger charge is 2.06. The Kier molecular flexibility index (Phi) is 5.24. The van der Waals surface area contributed by atoms with Crippen LogP contribution >= 0.6 is 23.2 Å². The van der Waals surface area contributed by atoms with Crippen LogP contribution in [0.5, 0.6) is 0 Å². The summed E-state index contributed by atoms with van der Waals surface area (Å²) in [4.78, 5) is 0.105. The van der Waals surface area contributed by atoms with Gasteiger partial charge in [0.2, 0.25) is 10.0 Å². The number of hydrogen-bond donors (Lipinski definition) is 2. The van der Waals surface area contributed by atoms with Crippen LogP contribution in [-0.2, 0) is 23.1 Å². The summed E-state index contributed by atoms with van der Waals surface area (Å²) in [7, 11) is -3.64. The van der Waals surface area contributed by atoms with Gasteiger partial charge in [-0.25, -0.2) is 13.6 Å². The number of nitrogens with two attached hydrogens (primary N) is 1. The summed E-state index contributed by atoms with van der Waals surface area (Å²) in [6.45, 7) is 1.20. The second-order valence-corrected chi connectivity index (χ2v) is 7.00. The number of nitrogens with one attached hydrogen (secondary N) is 1. The first-order valence-corrected chi connectivity index (χ1v) is 8.42. The average molecular weight is 345 g/mol. The smallest absolute Gasteiger partial charge is 0.238 e. The second kappa shape index (κ2) is 6.77. The zero-order chi connectivity index (χ0) is 15.5. The van der Waals surface area contributed by atoms with E-state index in [1.165, 1.54) is 12.1 Å². The quantitative estimate of drug-likeness (QED) is 0.875. The lowest BCUT2D eigenvalue weighted by Crippen LogP contribution is -2.14. The Morgan fingerprint density at radius 2 is 1.43 bits per heavy atom. The lowest BCUT2D eigenvalue weighted by atomic mass is 10.2. The molecule has 0 unspecified atom stereocenters. The molecule has 0 spiro atoms. The third-order valence-electron chi connectivity index (χ3n) is 2.83. The minimum atomic E-state index is -3.64. The molecule has 0 aliphatic rings. The van der Waals surface area contributed by atoms with Gasteiger partial charge in [0.05, 0.1) is 4.90 Å². The first-order valence-electron chi connectivity index (χ1n) is 6.12. The van der Waals surface area contributed by atoms with E-state index in [2.05, 4.69) is 5.32 Å². The summed E-state index contributed by atoms with van der Waals surface area (Å²) >= 11 is 11.9. The van der Waals surface area contributed by atoms with Crippen molar-refractivity contribution in [3.05, 3.63) is 63.6 Å². The SMILES string of the molecule is NS(=O)(=O)c1ccc(CNCc2cc(Cl)cc(Cl)c2)cc1. The van der Waals surface area contributed by atoms with Crippen molar-refractivity contribution in [2.24, 2.45) is 5.14 Å². The van der Waals surface area contributed by atoms with Crippen LogP contribution in [-0.4, -0.2) is 8.42 Å². The fraction of sp³-hybridized carbons (Fsp3) is 0.143. The number of rotatable bonds is 5. The molecule has 21 heavy (non-hydrogen) atoms. The van der Waals surface area contributed by atoms with Gasteiger partial charge in [-0.3, -0.25) is 0 Å². The van der Waals surface area contributed by atoms with E-state index in [0.717, 1.165) is 11.1 Å². The molecule has 0 radical (unpaired) electrons. The van der Waals surface area contributed by atoms with Gasteiger partial charge in [-0.05, 0) is 41.5 Å². The normalized spacial score (nSPS) is 11.6. The van der Waals surface area contributed by atoms with Gasteiger partial charge in [-0.2, -0.15) is 0 Å². The molecule has 2 aromatic carbocycles. The molecule has 0 atom stereocenters. The van der Waals surface area contributed by atoms with Gasteiger partial charge in [0.1, 0.15) is 0 Å². The van der Waals surface area contributed by atoms with Crippen LogP contribution in [0.25, 0.3) is 0 Å². The zero-order valence-corrected chi connectivity index (χ0v) is 13.3. The summed E-state index contributed by atoms with van der Waals surface area (Å²) in [5, 5.41) is 9.46. The van der Waals surface area contributed by atoms with Crippen LogP contribution in [0.4, 0.5) is 0 Å². The number of halogens is 2. The van der Waals surface area contributed by atoms with Crippen LogP contribution in [0.15, 0.2) is 47.4 Å². The summed E-state index contributed by atoms with van der Waals surface area (Å²) in [5.74, 6) is 0. The molecule has 0 bridgehead atoms. The Morgan fingerprint density at radius 1 is 0.905 bits per heavy atom. The average Bonchev–Trinajstić information content (AvgIpc) is 2.37. The largest absolute Gasteiger partial charge is 0.309 e. The van der Waals surface area contributed by atoms with Crippen LogP contribution in [0.3, 0.4) is 0 Å². The van der Waals surface area contributed by atoms with E-state index in [-0.39, 0.29) is 4.90 Å². The summed E-state index contributed by atoms with van der Waals surface area (Å²) < 4.78 is 22.3. The highest BCUT2D eigenvalue weighted by Crippen LogP contribution is 2.19. The highest BCUT2D eigenvalue weighted by molar-refractivity contribution is 7.89. The Bertz CT molecular complexity index is 711. The van der Waals surface area contributed by atoms with Crippen molar-refractivity contribution in [2.45, 2.75) is 18.0 Å². The van der Waals surface area contributed by atoms with Crippen LogP contribution in [0.1, 0.15) is 11.1 Å². The molecule has 2 aromatic rings. The first kappa shape index (κ1) is 16.3. The zero-order valence-electron chi connectivity index (χ0n) is 11.0. The van der Waals surface area contributed by atoms with E-state index in [1.54, 1.807) is 18.2 Å². The third-order valence-corrected chi connectivity index (χ3v) is 4.20. The molecule has 0 fully saturated rings. The maximum atomic E-state index is 11.1. The molecule has 112 valence electrons. The molecule has 3 N–H and O–H groups in total. The second-order valence-electron chi connectivity index (χ2n) is 4.57. The molecule has 0 saturated carbocycles. The molecule has 0 aliphatic carbocycles. The lowest BCUT2D eigenvalue weighted by Gasteiger charge is -2.07. The Morgan fingerprint density at radius 3 is 1.95 bits per heavy atom. The van der Waals surface area contributed by atoms with Crippen molar-refractivity contribution in [3.8, 4) is 0 Å². The van der Waals surface area contributed by atoms with Crippen molar-refractivity contribution in [2.75, 3.05) is 0 Å². The van der Waals surface area contributed by atoms with Crippen LogP contribution in [0, 0.1) is 0 Å². The minimum Gasteiger partial charge on any atom is -0.309 e. The number of hydrogen-bond acceptors (Lipinski definition) is 3. The predicted molar refractivity (Wildman–Crippen MR) is 84.8 cm³/mol. The van der Waals surface area contributed by atoms with E-state index in [1.807, 2.05) is 12.1 Å². The maximum Gasteiger partial charge on any atom is 0.238 e. The molecule has 0 heterocycles. The van der Waals surface area contributed by atoms with Crippen LogP contribution < -0.4 is 10.5 Å². The van der Waals surface area contributed by atoms with E-state index >= 15 is 0 Å². The number of primary sulfonamides is 1. The Balaban J connectivity index is 1.94. The highest BCUT2D eigenvalue weighted by atomic mass is 35.5. The fourth-order valence-corrected chi connectivity index (χ4v) is 2.95. The molecule has 2 rings (SSSR count). The van der Waals surface area contributed by atoms with Crippen molar-refractivity contribution in [1.29, 1.82) is 0 Å². The molecule has 0 amide bonds. The van der Waals surface area contributed by atoms with Crippen LogP contribution in [0.2, 0.25) is 10.0 Å². The molecule has 0 aliphatic heterocycles. The monoisotopic (exact) mass is 344 g/mol. The van der Waals surface area contributed by atoms with E-state index in [4.69, 9.17) is 28.3 Å². The lowest BCUT2D eigenvalue weighted by molar-refractivity contribution is 0.597. The maximum absolute atomic E-state index is 11.1.